The zero-order valence-corrected chi connectivity index (χ0v) is 12.6. The lowest BCUT2D eigenvalue weighted by molar-refractivity contribution is 0.666. The topological polar surface area (TPSA) is 37.8 Å². The maximum atomic E-state index is 4.83. The van der Waals surface area contributed by atoms with E-state index in [9.17, 15) is 0 Å². The third-order valence-electron chi connectivity index (χ3n) is 3.92. The number of benzene rings is 1. The Hall–Kier alpha value is -2.26. The Morgan fingerprint density at radius 2 is 1.86 bits per heavy atom. The molecule has 1 aromatic carbocycles. The molecular weight excluding hydrogens is 258 g/mol. The van der Waals surface area contributed by atoms with Crippen LogP contribution in [0.2, 0.25) is 0 Å². The molecule has 0 saturated carbocycles. The maximum Gasteiger partial charge on any atom is 0.0766 e. The van der Waals surface area contributed by atoms with Crippen molar-refractivity contribution in [2.24, 2.45) is 0 Å². The fourth-order valence-electron chi connectivity index (χ4n) is 2.76. The average Bonchev–Trinajstić information content (AvgIpc) is 2.50. The fraction of sp³-hybridized carbons (Fsp3) is 0.222. The summed E-state index contributed by atoms with van der Waals surface area (Å²) in [6.45, 7) is 4.24. The highest BCUT2D eigenvalue weighted by molar-refractivity contribution is 5.82. The molecule has 2 heterocycles. The molecule has 0 fully saturated rings. The third-order valence-corrected chi connectivity index (χ3v) is 3.92. The molecule has 3 heteroatoms. The van der Waals surface area contributed by atoms with E-state index in [1.165, 1.54) is 22.1 Å². The lowest BCUT2D eigenvalue weighted by Gasteiger charge is -2.19. The molecule has 3 nitrogen and oxygen atoms in total. The maximum absolute atomic E-state index is 4.83. The monoisotopic (exact) mass is 277 g/mol. The molecule has 3 rings (SSSR count). The van der Waals surface area contributed by atoms with Gasteiger partial charge in [-0.05, 0) is 55.8 Å². The number of aryl methyl sites for hydroxylation is 2. The number of hydrogen-bond donors (Lipinski definition) is 1. The van der Waals surface area contributed by atoms with Crippen LogP contribution in [0.1, 0.15) is 28.4 Å². The van der Waals surface area contributed by atoms with Crippen molar-refractivity contribution in [3.8, 4) is 0 Å². The summed E-state index contributed by atoms with van der Waals surface area (Å²) in [5.41, 5.74) is 5.70. The molecule has 21 heavy (non-hydrogen) atoms. The second-order valence-corrected chi connectivity index (χ2v) is 5.34. The van der Waals surface area contributed by atoms with Gasteiger partial charge in [0.25, 0.3) is 0 Å². The quantitative estimate of drug-likeness (QED) is 0.795. The van der Waals surface area contributed by atoms with Crippen LogP contribution in [0.15, 0.2) is 48.8 Å². The number of nitrogens with one attached hydrogen (secondary N) is 1. The highest BCUT2D eigenvalue weighted by Crippen LogP contribution is 2.26. The molecular formula is C18H19N3. The van der Waals surface area contributed by atoms with E-state index in [1.807, 2.05) is 31.6 Å². The van der Waals surface area contributed by atoms with Gasteiger partial charge in [-0.3, -0.25) is 9.97 Å². The molecule has 0 amide bonds. The molecule has 2 aromatic heterocycles. The van der Waals surface area contributed by atoms with Gasteiger partial charge in [0.2, 0.25) is 0 Å². The summed E-state index contributed by atoms with van der Waals surface area (Å²) in [5, 5.41) is 4.57. The Bertz CT molecular complexity index is 780. The van der Waals surface area contributed by atoms with Crippen molar-refractivity contribution in [2.45, 2.75) is 19.9 Å². The summed E-state index contributed by atoms with van der Waals surface area (Å²) >= 11 is 0. The summed E-state index contributed by atoms with van der Waals surface area (Å²) in [4.78, 5) is 9.09. The highest BCUT2D eigenvalue weighted by Gasteiger charge is 2.17. The number of pyridine rings is 2. The molecule has 0 bridgehead atoms. The van der Waals surface area contributed by atoms with Gasteiger partial charge >= 0.3 is 0 Å². The molecule has 0 saturated heterocycles. The number of hydrogen-bond acceptors (Lipinski definition) is 3. The summed E-state index contributed by atoms with van der Waals surface area (Å²) in [5.74, 6) is 0. The minimum atomic E-state index is 0.0574. The average molecular weight is 277 g/mol. The van der Waals surface area contributed by atoms with Gasteiger partial charge in [-0.1, -0.05) is 18.2 Å². The van der Waals surface area contributed by atoms with Crippen LogP contribution in [-0.4, -0.2) is 17.0 Å². The second kappa shape index (κ2) is 5.62. The van der Waals surface area contributed by atoms with Crippen LogP contribution >= 0.6 is 0 Å². The standard InChI is InChI=1S/C18H19N3/c1-12-8-9-20-11-15(12)18(19-3)17-10-13(2)14-6-4-5-7-16(14)21-17/h4-11,18-19H,1-3H3. The van der Waals surface area contributed by atoms with Crippen molar-refractivity contribution in [2.75, 3.05) is 7.05 Å². The zero-order chi connectivity index (χ0) is 14.8. The first-order valence-electron chi connectivity index (χ1n) is 7.15. The van der Waals surface area contributed by atoms with E-state index in [0.29, 0.717) is 0 Å². The van der Waals surface area contributed by atoms with E-state index in [4.69, 9.17) is 4.98 Å². The smallest absolute Gasteiger partial charge is 0.0766 e. The Balaban J connectivity index is 2.16. The van der Waals surface area contributed by atoms with Gasteiger partial charge < -0.3 is 5.32 Å². The number of aromatic nitrogens is 2. The second-order valence-electron chi connectivity index (χ2n) is 5.34. The molecule has 0 spiro atoms. The van der Waals surface area contributed by atoms with Crippen molar-refractivity contribution >= 4 is 10.9 Å². The first-order valence-corrected chi connectivity index (χ1v) is 7.15. The van der Waals surface area contributed by atoms with E-state index < -0.39 is 0 Å². The zero-order valence-electron chi connectivity index (χ0n) is 12.6. The van der Waals surface area contributed by atoms with Gasteiger partial charge in [-0.25, -0.2) is 0 Å². The highest BCUT2D eigenvalue weighted by atomic mass is 14.9. The fourth-order valence-corrected chi connectivity index (χ4v) is 2.76. The largest absolute Gasteiger partial charge is 0.308 e. The van der Waals surface area contributed by atoms with E-state index in [0.717, 1.165) is 11.2 Å². The molecule has 0 aliphatic carbocycles. The Kier molecular flexibility index (Phi) is 3.67. The summed E-state index contributed by atoms with van der Waals surface area (Å²) in [6, 6.07) is 12.5. The van der Waals surface area contributed by atoms with Gasteiger partial charge in [0, 0.05) is 17.8 Å². The van der Waals surface area contributed by atoms with Gasteiger partial charge in [-0.2, -0.15) is 0 Å². The molecule has 0 aliphatic heterocycles. The summed E-state index contributed by atoms with van der Waals surface area (Å²) in [7, 11) is 1.96. The van der Waals surface area contributed by atoms with Crippen molar-refractivity contribution in [3.05, 3.63) is 71.2 Å². The molecule has 1 N–H and O–H groups in total. The van der Waals surface area contributed by atoms with Crippen molar-refractivity contribution < 1.29 is 0 Å². The van der Waals surface area contributed by atoms with Gasteiger partial charge in [-0.15, -0.1) is 0 Å². The van der Waals surface area contributed by atoms with E-state index in [2.05, 4.69) is 48.4 Å². The van der Waals surface area contributed by atoms with Crippen molar-refractivity contribution in [1.29, 1.82) is 0 Å². The van der Waals surface area contributed by atoms with E-state index in [-0.39, 0.29) is 6.04 Å². The number of para-hydroxylation sites is 1. The van der Waals surface area contributed by atoms with E-state index in [1.54, 1.807) is 0 Å². The van der Waals surface area contributed by atoms with Gasteiger partial charge in [0.15, 0.2) is 0 Å². The Morgan fingerprint density at radius 1 is 1.05 bits per heavy atom. The van der Waals surface area contributed by atoms with Gasteiger partial charge in [0.1, 0.15) is 0 Å². The van der Waals surface area contributed by atoms with Crippen LogP contribution in [0.3, 0.4) is 0 Å². The lowest BCUT2D eigenvalue weighted by atomic mass is 9.98. The van der Waals surface area contributed by atoms with Crippen LogP contribution in [0.4, 0.5) is 0 Å². The Labute approximate surface area is 125 Å². The summed E-state index contributed by atoms with van der Waals surface area (Å²) in [6.07, 6.45) is 3.74. The molecule has 0 aliphatic rings. The summed E-state index contributed by atoms with van der Waals surface area (Å²) < 4.78 is 0. The van der Waals surface area contributed by atoms with Gasteiger partial charge in [0.05, 0.1) is 17.3 Å². The van der Waals surface area contributed by atoms with Crippen LogP contribution in [-0.2, 0) is 0 Å². The predicted molar refractivity (Wildman–Crippen MR) is 86.4 cm³/mol. The van der Waals surface area contributed by atoms with Crippen LogP contribution in [0, 0.1) is 13.8 Å². The first-order chi connectivity index (χ1) is 10.2. The lowest BCUT2D eigenvalue weighted by Crippen LogP contribution is -2.20. The normalized spacial score (nSPS) is 12.5. The number of fused-ring (bicyclic) bond motifs is 1. The van der Waals surface area contributed by atoms with Crippen molar-refractivity contribution in [3.63, 3.8) is 0 Å². The molecule has 3 aromatic rings. The minimum Gasteiger partial charge on any atom is -0.308 e. The molecule has 1 unspecified atom stereocenters. The third kappa shape index (κ3) is 2.52. The SMILES string of the molecule is CNC(c1cc(C)c2ccccc2n1)c1cnccc1C. The molecule has 0 radical (unpaired) electrons. The first kappa shape index (κ1) is 13.7. The number of nitrogens with zero attached hydrogens (tertiary/aromatic N) is 2. The predicted octanol–water partition coefficient (Wildman–Crippen LogP) is 3.56. The van der Waals surface area contributed by atoms with Crippen molar-refractivity contribution in [1.82, 2.24) is 15.3 Å². The molecule has 106 valence electrons. The van der Waals surface area contributed by atoms with Crippen LogP contribution in [0.25, 0.3) is 10.9 Å². The van der Waals surface area contributed by atoms with Crippen LogP contribution in [0.5, 0.6) is 0 Å². The minimum absolute atomic E-state index is 0.0574. The van der Waals surface area contributed by atoms with Crippen LogP contribution < -0.4 is 5.32 Å². The molecule has 1 atom stereocenters. The Morgan fingerprint density at radius 3 is 2.62 bits per heavy atom. The van der Waals surface area contributed by atoms with E-state index >= 15 is 0 Å². The number of rotatable bonds is 3.